The summed E-state index contributed by atoms with van der Waals surface area (Å²) in [6.07, 6.45) is 1.85. The first-order valence-corrected chi connectivity index (χ1v) is 14.9. The van der Waals surface area contributed by atoms with Crippen molar-refractivity contribution in [2.45, 2.75) is 38.4 Å². The van der Waals surface area contributed by atoms with E-state index in [-0.39, 0.29) is 68.7 Å². The first-order valence-electron chi connectivity index (χ1n) is 14.9. The van der Waals surface area contributed by atoms with E-state index in [1.807, 2.05) is 48.5 Å². The normalized spacial score (nSPS) is 18.7. The number of phenols is 1. The van der Waals surface area contributed by atoms with Crippen molar-refractivity contribution in [1.82, 2.24) is 25.6 Å². The lowest BCUT2D eigenvalue weighted by atomic mass is 10.00. The molecule has 4 amide bonds. The molecular formula is C34H39N5O5. The van der Waals surface area contributed by atoms with Crippen LogP contribution in [0.4, 0.5) is 4.79 Å². The molecule has 0 saturated carbocycles. The van der Waals surface area contributed by atoms with Gasteiger partial charge in [0.1, 0.15) is 17.5 Å². The highest BCUT2D eigenvalue weighted by molar-refractivity contribution is 5.89. The van der Waals surface area contributed by atoms with Crippen molar-refractivity contribution in [3.63, 3.8) is 0 Å². The van der Waals surface area contributed by atoms with Crippen LogP contribution in [0.25, 0.3) is 0 Å². The average Bonchev–Trinajstić information content (AvgIpc) is 3.43. The van der Waals surface area contributed by atoms with Gasteiger partial charge in [-0.05, 0) is 23.3 Å². The van der Waals surface area contributed by atoms with Crippen LogP contribution in [0, 0.1) is 0 Å². The van der Waals surface area contributed by atoms with Crippen molar-refractivity contribution in [3.8, 4) is 11.5 Å². The van der Waals surface area contributed by atoms with Crippen LogP contribution >= 0.6 is 0 Å². The van der Waals surface area contributed by atoms with Crippen LogP contribution < -0.4 is 15.4 Å². The van der Waals surface area contributed by atoms with Gasteiger partial charge in [-0.2, -0.15) is 0 Å². The monoisotopic (exact) mass is 597 g/mol. The largest absolute Gasteiger partial charge is 0.508 e. The van der Waals surface area contributed by atoms with E-state index in [2.05, 4.69) is 24.1 Å². The van der Waals surface area contributed by atoms with E-state index >= 15 is 0 Å². The molecule has 0 spiro atoms. The lowest BCUT2D eigenvalue weighted by molar-refractivity contribution is -0.136. The minimum Gasteiger partial charge on any atom is -0.508 e. The number of carbonyl (C=O) groups is 3. The van der Waals surface area contributed by atoms with Crippen molar-refractivity contribution >= 4 is 17.8 Å². The molecule has 230 valence electrons. The van der Waals surface area contributed by atoms with Crippen LogP contribution in [-0.4, -0.2) is 76.7 Å². The van der Waals surface area contributed by atoms with Crippen LogP contribution in [0.1, 0.15) is 35.1 Å². The van der Waals surface area contributed by atoms with Gasteiger partial charge in [-0.1, -0.05) is 73.7 Å². The summed E-state index contributed by atoms with van der Waals surface area (Å²) in [6.45, 7) is 7.68. The van der Waals surface area contributed by atoms with E-state index in [1.165, 1.54) is 5.01 Å². The number of urea groups is 1. The number of benzene rings is 3. The van der Waals surface area contributed by atoms with Crippen molar-refractivity contribution in [2.75, 3.05) is 32.8 Å². The third-order valence-corrected chi connectivity index (χ3v) is 7.94. The predicted octanol–water partition coefficient (Wildman–Crippen LogP) is 3.57. The summed E-state index contributed by atoms with van der Waals surface area (Å²) in [7, 11) is 0. The second-order valence-electron chi connectivity index (χ2n) is 11.2. The Labute approximate surface area is 257 Å². The summed E-state index contributed by atoms with van der Waals surface area (Å²) in [5.74, 6) is 0.565. The van der Waals surface area contributed by atoms with Gasteiger partial charge in [-0.25, -0.2) is 9.80 Å². The zero-order valence-electron chi connectivity index (χ0n) is 24.9. The summed E-state index contributed by atoms with van der Waals surface area (Å²) in [5, 5.41) is 18.7. The van der Waals surface area contributed by atoms with Crippen LogP contribution in [-0.2, 0) is 29.1 Å². The van der Waals surface area contributed by atoms with Crippen molar-refractivity contribution < 1.29 is 24.2 Å². The Kier molecular flexibility index (Phi) is 9.81. The second kappa shape index (κ2) is 14.1. The number of fused-ring (bicyclic) bond motifs is 1. The maximum atomic E-state index is 14.1. The summed E-state index contributed by atoms with van der Waals surface area (Å²) in [5.41, 5.74) is 3.75. The van der Waals surface area contributed by atoms with Gasteiger partial charge >= 0.3 is 6.03 Å². The zero-order chi connectivity index (χ0) is 31.1. The van der Waals surface area contributed by atoms with Gasteiger partial charge in [0, 0.05) is 49.6 Å². The Morgan fingerprint density at radius 1 is 1.07 bits per heavy atom. The third-order valence-electron chi connectivity index (χ3n) is 7.94. The van der Waals surface area contributed by atoms with E-state index in [4.69, 9.17) is 4.74 Å². The van der Waals surface area contributed by atoms with Crippen LogP contribution in [0.2, 0.25) is 0 Å². The molecule has 1 unspecified atom stereocenters. The molecule has 2 aliphatic heterocycles. The highest BCUT2D eigenvalue weighted by atomic mass is 16.5. The highest BCUT2D eigenvalue weighted by Crippen LogP contribution is 2.37. The van der Waals surface area contributed by atoms with Gasteiger partial charge in [0.25, 0.3) is 0 Å². The van der Waals surface area contributed by atoms with Gasteiger partial charge in [-0.3, -0.25) is 14.6 Å². The van der Waals surface area contributed by atoms with Gasteiger partial charge in [0.2, 0.25) is 11.8 Å². The van der Waals surface area contributed by atoms with Crippen molar-refractivity contribution in [3.05, 3.63) is 108 Å². The molecule has 2 aliphatic rings. The smallest absolute Gasteiger partial charge is 0.332 e. The van der Waals surface area contributed by atoms with E-state index in [0.29, 0.717) is 13.2 Å². The van der Waals surface area contributed by atoms with Crippen molar-refractivity contribution in [1.29, 1.82) is 0 Å². The minimum absolute atomic E-state index is 0.121. The number of para-hydroxylation sites is 1. The number of phenolic OH excluding ortho intramolecular Hbond substituents is 1. The van der Waals surface area contributed by atoms with E-state index in [0.717, 1.165) is 28.0 Å². The van der Waals surface area contributed by atoms with Crippen LogP contribution in [0.15, 0.2) is 85.5 Å². The van der Waals surface area contributed by atoms with Crippen LogP contribution in [0.5, 0.6) is 11.5 Å². The fourth-order valence-electron chi connectivity index (χ4n) is 5.59. The molecule has 44 heavy (non-hydrogen) atoms. The Hall–Kier alpha value is -4.83. The summed E-state index contributed by atoms with van der Waals surface area (Å²) in [6, 6.07) is 20.9. The number of rotatable bonds is 9. The Morgan fingerprint density at radius 3 is 2.59 bits per heavy atom. The first kappa shape index (κ1) is 30.6. The molecule has 1 saturated heterocycles. The molecule has 10 heteroatoms. The number of ether oxygens (including phenoxy) is 1. The lowest BCUT2D eigenvalue weighted by Gasteiger charge is -2.34. The molecule has 5 rings (SSSR count). The lowest BCUT2D eigenvalue weighted by Crippen LogP contribution is -2.54. The summed E-state index contributed by atoms with van der Waals surface area (Å²) >= 11 is 0. The molecule has 0 aliphatic carbocycles. The van der Waals surface area contributed by atoms with Crippen molar-refractivity contribution in [2.24, 2.45) is 0 Å². The molecule has 1 fully saturated rings. The first-order chi connectivity index (χ1) is 21.3. The molecular weight excluding hydrogens is 558 g/mol. The van der Waals surface area contributed by atoms with E-state index in [9.17, 15) is 19.5 Å². The number of nitrogens with zero attached hydrogens (tertiary/aromatic N) is 3. The standard InChI is InChI=1S/C34H39N5O5/c1-3-16-39(34(43)35-20-26-8-5-4-6-9-26)38-18-17-37(21-27-10-7-11-29-24(2)23-44-32(27)29)33(42)30(36-31(41)22-38)19-25-12-14-28(40)15-13-25/h3-15,24,30,40H,1,16-23H2,2H3,(H,35,43)(H,36,41)/t24?,30-/m0/s1. The second-order valence-corrected chi connectivity index (χ2v) is 11.2. The molecule has 2 atom stereocenters. The number of amides is 4. The summed E-state index contributed by atoms with van der Waals surface area (Å²) in [4.78, 5) is 42.6. The zero-order valence-corrected chi connectivity index (χ0v) is 24.9. The molecule has 3 aromatic rings. The summed E-state index contributed by atoms with van der Waals surface area (Å²) < 4.78 is 6.02. The topological polar surface area (TPSA) is 114 Å². The predicted molar refractivity (Wildman–Crippen MR) is 167 cm³/mol. The molecule has 3 N–H and O–H groups in total. The van der Waals surface area contributed by atoms with Gasteiger partial charge in [0.15, 0.2) is 0 Å². The maximum Gasteiger partial charge on any atom is 0.332 e. The average molecular weight is 598 g/mol. The van der Waals surface area contributed by atoms with E-state index in [1.54, 1.807) is 40.3 Å². The van der Waals surface area contributed by atoms with Gasteiger partial charge in [0.05, 0.1) is 19.7 Å². The van der Waals surface area contributed by atoms with Gasteiger partial charge in [-0.15, -0.1) is 6.58 Å². The quantitative estimate of drug-likeness (QED) is 0.325. The molecule has 2 heterocycles. The van der Waals surface area contributed by atoms with E-state index < -0.39 is 6.04 Å². The molecule has 0 bridgehead atoms. The Bertz CT molecular complexity index is 1480. The fourth-order valence-corrected chi connectivity index (χ4v) is 5.59. The highest BCUT2D eigenvalue weighted by Gasteiger charge is 2.33. The van der Waals surface area contributed by atoms with Gasteiger partial charge < -0.3 is 25.4 Å². The number of hydrazine groups is 1. The number of aromatic hydroxyl groups is 1. The fraction of sp³-hybridized carbons (Fsp3) is 0.324. The number of hydrogen-bond acceptors (Lipinski definition) is 6. The Balaban J connectivity index is 1.41. The maximum absolute atomic E-state index is 14.1. The molecule has 10 nitrogen and oxygen atoms in total. The third kappa shape index (κ3) is 7.38. The number of hydrogen-bond donors (Lipinski definition) is 3. The number of nitrogens with one attached hydrogen (secondary N) is 2. The Morgan fingerprint density at radius 2 is 1.84 bits per heavy atom. The molecule has 0 radical (unpaired) electrons. The molecule has 0 aromatic heterocycles. The number of carbonyl (C=O) groups excluding carboxylic acids is 3. The SMILES string of the molecule is C=CCN(C(=O)NCc1ccccc1)N1CCN(Cc2cccc3c2OCC3C)C(=O)[C@H](Cc2ccc(O)cc2)NC(=O)C1. The minimum atomic E-state index is -0.844. The molecule has 3 aromatic carbocycles. The van der Waals surface area contributed by atoms with Crippen LogP contribution in [0.3, 0.4) is 0 Å².